The summed E-state index contributed by atoms with van der Waals surface area (Å²) in [6.07, 6.45) is 7.51. The first kappa shape index (κ1) is 12.4. The Balaban J connectivity index is 2.22. The molecule has 2 heterocycles. The molecule has 17 heavy (non-hydrogen) atoms. The summed E-state index contributed by atoms with van der Waals surface area (Å²) in [7, 11) is 0. The minimum atomic E-state index is 0.415. The van der Waals surface area contributed by atoms with Crippen molar-refractivity contribution >= 4 is 23.2 Å². The van der Waals surface area contributed by atoms with E-state index in [9.17, 15) is 0 Å². The molecule has 0 saturated heterocycles. The van der Waals surface area contributed by atoms with Gasteiger partial charge in [0.2, 0.25) is 0 Å². The molecule has 0 unspecified atom stereocenters. The zero-order chi connectivity index (χ0) is 12.3. The molecule has 0 aliphatic heterocycles. The van der Waals surface area contributed by atoms with Gasteiger partial charge in [0.05, 0.1) is 11.6 Å². The van der Waals surface area contributed by atoms with E-state index in [2.05, 4.69) is 21.5 Å². The van der Waals surface area contributed by atoms with E-state index < -0.39 is 0 Å². The minimum Gasteiger partial charge on any atom is -0.330 e. The van der Waals surface area contributed by atoms with E-state index in [0.29, 0.717) is 16.7 Å². The van der Waals surface area contributed by atoms with E-state index in [1.807, 2.05) is 12.4 Å². The summed E-state index contributed by atoms with van der Waals surface area (Å²) < 4.78 is 2.08. The Morgan fingerprint density at radius 3 is 2.82 bits per heavy atom. The molecule has 90 valence electrons. The van der Waals surface area contributed by atoms with Crippen LogP contribution in [0.25, 0.3) is 0 Å². The van der Waals surface area contributed by atoms with Crippen molar-refractivity contribution in [2.75, 3.05) is 0 Å². The molecule has 0 atom stereocenters. The van der Waals surface area contributed by atoms with Crippen molar-refractivity contribution in [2.24, 2.45) is 0 Å². The van der Waals surface area contributed by atoms with E-state index in [1.165, 1.54) is 0 Å². The molecule has 0 spiro atoms. The maximum absolute atomic E-state index is 6.12. The molecule has 0 saturated carbocycles. The third-order valence-corrected chi connectivity index (χ3v) is 3.07. The Bertz CT molecular complexity index is 508. The van der Waals surface area contributed by atoms with Gasteiger partial charge < -0.3 is 4.57 Å². The van der Waals surface area contributed by atoms with Gasteiger partial charge in [-0.1, -0.05) is 30.1 Å². The molecule has 0 bridgehead atoms. The Morgan fingerprint density at radius 1 is 1.29 bits per heavy atom. The topological polar surface area (TPSA) is 30.7 Å². The number of rotatable bonds is 4. The van der Waals surface area contributed by atoms with Crippen LogP contribution >= 0.6 is 23.2 Å². The predicted molar refractivity (Wildman–Crippen MR) is 69.6 cm³/mol. The Kier molecular flexibility index (Phi) is 4.02. The summed E-state index contributed by atoms with van der Waals surface area (Å²) in [6.45, 7) is 2.81. The quantitative estimate of drug-likeness (QED) is 0.795. The SMILES string of the molecule is CCCc1nccn1Cc1cnc(Cl)cc1Cl. The largest absolute Gasteiger partial charge is 0.330 e. The summed E-state index contributed by atoms with van der Waals surface area (Å²) in [5.41, 5.74) is 0.950. The minimum absolute atomic E-state index is 0.415. The fourth-order valence-corrected chi connectivity index (χ4v) is 2.10. The Labute approximate surface area is 110 Å². The summed E-state index contributed by atoms with van der Waals surface area (Å²) in [5, 5.41) is 1.05. The number of nitrogens with zero attached hydrogens (tertiary/aromatic N) is 3. The highest BCUT2D eigenvalue weighted by Gasteiger charge is 2.06. The Hall–Kier alpha value is -1.06. The summed E-state index contributed by atoms with van der Waals surface area (Å²) in [5.74, 6) is 1.07. The normalized spacial score (nSPS) is 10.8. The van der Waals surface area contributed by atoms with Crippen LogP contribution in [0, 0.1) is 0 Å². The summed E-state index contributed by atoms with van der Waals surface area (Å²) in [4.78, 5) is 8.37. The van der Waals surface area contributed by atoms with Gasteiger partial charge in [0.25, 0.3) is 0 Å². The van der Waals surface area contributed by atoms with Gasteiger partial charge in [0, 0.05) is 30.6 Å². The predicted octanol–water partition coefficient (Wildman–Crippen LogP) is 3.59. The van der Waals surface area contributed by atoms with E-state index >= 15 is 0 Å². The highest BCUT2D eigenvalue weighted by molar-refractivity contribution is 6.34. The molecule has 5 heteroatoms. The molecular weight excluding hydrogens is 257 g/mol. The number of imidazole rings is 1. The summed E-state index contributed by atoms with van der Waals surface area (Å²) >= 11 is 11.9. The molecular formula is C12H13Cl2N3. The maximum atomic E-state index is 6.12. The lowest BCUT2D eigenvalue weighted by molar-refractivity contribution is 0.703. The second kappa shape index (κ2) is 5.52. The standard InChI is InChI=1S/C12H13Cl2N3/c1-2-3-12-15-4-5-17(12)8-9-7-16-11(14)6-10(9)13/h4-7H,2-3,8H2,1H3. The van der Waals surface area contributed by atoms with Crippen LogP contribution in [0.4, 0.5) is 0 Å². The average molecular weight is 270 g/mol. The molecule has 2 aromatic heterocycles. The number of hydrogen-bond acceptors (Lipinski definition) is 2. The third-order valence-electron chi connectivity index (χ3n) is 2.51. The van der Waals surface area contributed by atoms with Crippen molar-refractivity contribution < 1.29 is 0 Å². The van der Waals surface area contributed by atoms with Crippen LogP contribution in [0.3, 0.4) is 0 Å². The van der Waals surface area contributed by atoms with Gasteiger partial charge in [-0.3, -0.25) is 0 Å². The molecule has 0 aliphatic carbocycles. The smallest absolute Gasteiger partial charge is 0.130 e. The van der Waals surface area contributed by atoms with Crippen molar-refractivity contribution in [1.82, 2.24) is 14.5 Å². The van der Waals surface area contributed by atoms with Crippen molar-refractivity contribution in [1.29, 1.82) is 0 Å². The van der Waals surface area contributed by atoms with Crippen LogP contribution in [0.1, 0.15) is 24.7 Å². The Morgan fingerprint density at radius 2 is 2.12 bits per heavy atom. The fraction of sp³-hybridized carbons (Fsp3) is 0.333. The number of aryl methyl sites for hydroxylation is 1. The van der Waals surface area contributed by atoms with E-state index in [0.717, 1.165) is 24.2 Å². The van der Waals surface area contributed by atoms with E-state index in [-0.39, 0.29) is 0 Å². The number of pyridine rings is 1. The van der Waals surface area contributed by atoms with Crippen LogP contribution < -0.4 is 0 Å². The van der Waals surface area contributed by atoms with Crippen LogP contribution in [-0.2, 0) is 13.0 Å². The van der Waals surface area contributed by atoms with Crippen LogP contribution in [-0.4, -0.2) is 14.5 Å². The van der Waals surface area contributed by atoms with Gasteiger partial charge in [-0.15, -0.1) is 0 Å². The van der Waals surface area contributed by atoms with E-state index in [1.54, 1.807) is 12.3 Å². The zero-order valence-corrected chi connectivity index (χ0v) is 11.0. The van der Waals surface area contributed by atoms with Gasteiger partial charge in [0.15, 0.2) is 0 Å². The molecule has 0 radical (unpaired) electrons. The lowest BCUT2D eigenvalue weighted by atomic mass is 10.2. The zero-order valence-electron chi connectivity index (χ0n) is 9.53. The number of aromatic nitrogens is 3. The maximum Gasteiger partial charge on any atom is 0.130 e. The molecule has 2 rings (SSSR count). The molecule has 0 amide bonds. The van der Waals surface area contributed by atoms with Crippen molar-refractivity contribution in [3.05, 3.63) is 46.2 Å². The first-order valence-corrected chi connectivity index (χ1v) is 6.26. The number of hydrogen-bond donors (Lipinski definition) is 0. The molecule has 2 aromatic rings. The number of halogens is 2. The van der Waals surface area contributed by atoms with Crippen LogP contribution in [0.15, 0.2) is 24.7 Å². The molecule has 0 aromatic carbocycles. The third kappa shape index (κ3) is 2.99. The lowest BCUT2D eigenvalue weighted by Gasteiger charge is -2.08. The van der Waals surface area contributed by atoms with Gasteiger partial charge >= 0.3 is 0 Å². The van der Waals surface area contributed by atoms with Gasteiger partial charge in [-0.05, 0) is 12.5 Å². The highest BCUT2D eigenvalue weighted by atomic mass is 35.5. The molecule has 3 nitrogen and oxygen atoms in total. The fourth-order valence-electron chi connectivity index (χ4n) is 1.67. The first-order chi connectivity index (χ1) is 8.20. The van der Waals surface area contributed by atoms with Gasteiger partial charge in [-0.25, -0.2) is 9.97 Å². The van der Waals surface area contributed by atoms with Crippen molar-refractivity contribution in [2.45, 2.75) is 26.3 Å². The van der Waals surface area contributed by atoms with E-state index in [4.69, 9.17) is 23.2 Å². The first-order valence-electron chi connectivity index (χ1n) is 5.50. The van der Waals surface area contributed by atoms with Crippen LogP contribution in [0.2, 0.25) is 10.2 Å². The molecule has 0 fully saturated rings. The van der Waals surface area contributed by atoms with Gasteiger partial charge in [0.1, 0.15) is 11.0 Å². The molecule has 0 aliphatic rings. The second-order valence-corrected chi connectivity index (χ2v) is 4.61. The van der Waals surface area contributed by atoms with Crippen molar-refractivity contribution in [3.63, 3.8) is 0 Å². The highest BCUT2D eigenvalue weighted by Crippen LogP contribution is 2.20. The summed E-state index contributed by atoms with van der Waals surface area (Å²) in [6, 6.07) is 1.66. The average Bonchev–Trinajstić information content (AvgIpc) is 2.71. The van der Waals surface area contributed by atoms with Gasteiger partial charge in [-0.2, -0.15) is 0 Å². The monoisotopic (exact) mass is 269 g/mol. The van der Waals surface area contributed by atoms with Crippen molar-refractivity contribution in [3.8, 4) is 0 Å². The second-order valence-electron chi connectivity index (χ2n) is 3.82. The molecule has 0 N–H and O–H groups in total. The lowest BCUT2D eigenvalue weighted by Crippen LogP contribution is -2.05. The van der Waals surface area contributed by atoms with Crippen LogP contribution in [0.5, 0.6) is 0 Å².